The van der Waals surface area contributed by atoms with Crippen LogP contribution in [0.5, 0.6) is 11.5 Å². The number of nitrogens with one attached hydrogen (secondary N) is 2. The van der Waals surface area contributed by atoms with Gasteiger partial charge in [-0.3, -0.25) is 4.79 Å². The summed E-state index contributed by atoms with van der Waals surface area (Å²) in [5.74, 6) is 0.731. The summed E-state index contributed by atoms with van der Waals surface area (Å²) >= 11 is 1.19. The fourth-order valence-electron chi connectivity index (χ4n) is 1.99. The summed E-state index contributed by atoms with van der Waals surface area (Å²) in [6.07, 6.45) is 1.38. The Hall–Kier alpha value is -2.68. The minimum atomic E-state index is -0.471. The Kier molecular flexibility index (Phi) is 4.90. The van der Waals surface area contributed by atoms with Gasteiger partial charge in [-0.25, -0.2) is 9.78 Å². The number of carbonyl (C=O) groups is 2. The van der Waals surface area contributed by atoms with Gasteiger partial charge in [0.25, 0.3) is 0 Å². The van der Waals surface area contributed by atoms with Gasteiger partial charge in [-0.15, -0.1) is 0 Å². The maximum atomic E-state index is 12.0. The third-order valence-corrected chi connectivity index (χ3v) is 3.93. The number of amides is 1. The average molecular weight is 349 g/mol. The summed E-state index contributed by atoms with van der Waals surface area (Å²) in [5.41, 5.74) is 0.882. The number of nitrogens with zero attached hydrogens (tertiary/aromatic N) is 1. The molecule has 3 rings (SSSR count). The molecule has 8 nitrogen and oxygen atoms in total. The molecule has 24 heavy (non-hydrogen) atoms. The normalized spacial score (nSPS) is 12.0. The van der Waals surface area contributed by atoms with E-state index in [1.807, 2.05) is 0 Å². The number of thioether (sulfide) groups is 1. The van der Waals surface area contributed by atoms with E-state index in [9.17, 15) is 9.59 Å². The molecule has 0 unspecified atom stereocenters. The predicted octanol–water partition coefficient (Wildman–Crippen LogP) is 2.05. The monoisotopic (exact) mass is 349 g/mol. The highest BCUT2D eigenvalue weighted by atomic mass is 32.2. The molecule has 2 N–H and O–H groups in total. The van der Waals surface area contributed by atoms with Gasteiger partial charge in [0.05, 0.1) is 18.6 Å². The van der Waals surface area contributed by atoms with Crippen LogP contribution in [0.15, 0.2) is 29.6 Å². The fourth-order valence-corrected chi connectivity index (χ4v) is 2.64. The number of H-pyrrole nitrogens is 1. The smallest absolute Gasteiger partial charge is 0.356 e. The second kappa shape index (κ2) is 7.26. The van der Waals surface area contributed by atoms with Gasteiger partial charge in [0.1, 0.15) is 5.69 Å². The topological polar surface area (TPSA) is 103 Å². The number of aromatic amines is 1. The molecule has 1 aliphatic heterocycles. The lowest BCUT2D eigenvalue weighted by atomic mass is 10.3. The van der Waals surface area contributed by atoms with E-state index in [4.69, 9.17) is 14.2 Å². The zero-order valence-electron chi connectivity index (χ0n) is 12.8. The van der Waals surface area contributed by atoms with Gasteiger partial charge >= 0.3 is 5.97 Å². The van der Waals surface area contributed by atoms with Crippen LogP contribution in [0.3, 0.4) is 0 Å². The molecule has 2 aromatic rings. The molecule has 2 heterocycles. The molecule has 126 valence electrons. The van der Waals surface area contributed by atoms with Crippen molar-refractivity contribution in [2.45, 2.75) is 12.1 Å². The number of ether oxygens (including phenoxy) is 3. The van der Waals surface area contributed by atoms with E-state index in [-0.39, 0.29) is 30.8 Å². The first-order valence-corrected chi connectivity index (χ1v) is 8.18. The largest absolute Gasteiger partial charge is 0.461 e. The summed E-state index contributed by atoms with van der Waals surface area (Å²) in [7, 11) is 0. The van der Waals surface area contributed by atoms with Crippen molar-refractivity contribution in [2.24, 2.45) is 0 Å². The maximum absolute atomic E-state index is 12.0. The van der Waals surface area contributed by atoms with Gasteiger partial charge < -0.3 is 24.5 Å². The van der Waals surface area contributed by atoms with Crippen molar-refractivity contribution in [3.63, 3.8) is 0 Å². The number of carbonyl (C=O) groups excluding carboxylic acids is 2. The van der Waals surface area contributed by atoms with Gasteiger partial charge in [-0.1, -0.05) is 11.8 Å². The van der Waals surface area contributed by atoms with Crippen molar-refractivity contribution in [1.29, 1.82) is 0 Å². The highest BCUT2D eigenvalue weighted by Crippen LogP contribution is 2.34. The Morgan fingerprint density at radius 2 is 2.21 bits per heavy atom. The van der Waals surface area contributed by atoms with Crippen molar-refractivity contribution in [3.05, 3.63) is 30.1 Å². The van der Waals surface area contributed by atoms with Crippen molar-refractivity contribution in [2.75, 3.05) is 24.5 Å². The van der Waals surface area contributed by atoms with E-state index >= 15 is 0 Å². The molecule has 0 bridgehead atoms. The van der Waals surface area contributed by atoms with E-state index < -0.39 is 5.97 Å². The van der Waals surface area contributed by atoms with Crippen LogP contribution in [0.4, 0.5) is 5.69 Å². The SMILES string of the molecule is CCOC(=O)c1cnc(SCC(=O)Nc2ccc3c(c2)OCO3)[nH]1. The van der Waals surface area contributed by atoms with Crippen molar-refractivity contribution in [1.82, 2.24) is 9.97 Å². The van der Waals surface area contributed by atoms with Gasteiger partial charge in [-0.2, -0.15) is 0 Å². The molecule has 1 amide bonds. The molecule has 0 saturated carbocycles. The predicted molar refractivity (Wildman–Crippen MR) is 86.5 cm³/mol. The summed E-state index contributed by atoms with van der Waals surface area (Å²) in [6, 6.07) is 5.18. The molecular weight excluding hydrogens is 334 g/mol. The number of hydrogen-bond donors (Lipinski definition) is 2. The number of esters is 1. The highest BCUT2D eigenvalue weighted by Gasteiger charge is 2.15. The van der Waals surface area contributed by atoms with Crippen LogP contribution in [-0.4, -0.2) is 41.0 Å². The molecule has 9 heteroatoms. The lowest BCUT2D eigenvalue weighted by molar-refractivity contribution is -0.113. The fraction of sp³-hybridized carbons (Fsp3) is 0.267. The third kappa shape index (κ3) is 3.80. The van der Waals surface area contributed by atoms with E-state index in [0.717, 1.165) is 0 Å². The molecule has 1 aromatic heterocycles. The quantitative estimate of drug-likeness (QED) is 0.608. The number of anilines is 1. The van der Waals surface area contributed by atoms with Crippen molar-refractivity contribution in [3.8, 4) is 11.5 Å². The Balaban J connectivity index is 1.51. The average Bonchev–Trinajstić information content (AvgIpc) is 3.22. The standard InChI is InChI=1S/C15H15N3O5S/c1-2-21-14(20)10-6-16-15(18-10)24-7-13(19)17-9-3-4-11-12(5-9)23-8-22-11/h3-6H,2,7-8H2,1H3,(H,16,18)(H,17,19). The Labute approximate surface area is 141 Å². The summed E-state index contributed by atoms with van der Waals surface area (Å²) in [5, 5.41) is 3.23. The molecule has 0 radical (unpaired) electrons. The number of rotatable bonds is 6. The molecule has 0 saturated heterocycles. The molecule has 0 atom stereocenters. The maximum Gasteiger partial charge on any atom is 0.356 e. The van der Waals surface area contributed by atoms with Crippen LogP contribution in [0.2, 0.25) is 0 Å². The van der Waals surface area contributed by atoms with Gasteiger partial charge in [0.2, 0.25) is 12.7 Å². The Morgan fingerprint density at radius 1 is 1.38 bits per heavy atom. The van der Waals surface area contributed by atoms with E-state index in [1.54, 1.807) is 25.1 Å². The van der Waals surface area contributed by atoms with Crippen molar-refractivity contribution < 1.29 is 23.8 Å². The van der Waals surface area contributed by atoms with Crippen LogP contribution in [0.25, 0.3) is 0 Å². The highest BCUT2D eigenvalue weighted by molar-refractivity contribution is 7.99. The van der Waals surface area contributed by atoms with Gasteiger partial charge in [0.15, 0.2) is 16.7 Å². The second-order valence-corrected chi connectivity index (χ2v) is 5.69. The number of fused-ring (bicyclic) bond motifs is 1. The Morgan fingerprint density at radius 3 is 3.04 bits per heavy atom. The third-order valence-electron chi connectivity index (χ3n) is 3.04. The Bertz CT molecular complexity index is 761. The summed E-state index contributed by atoms with van der Waals surface area (Å²) in [6.45, 7) is 2.20. The first-order chi connectivity index (χ1) is 11.7. The first kappa shape index (κ1) is 16.2. The zero-order chi connectivity index (χ0) is 16.9. The first-order valence-electron chi connectivity index (χ1n) is 7.20. The van der Waals surface area contributed by atoms with Crippen molar-refractivity contribution >= 4 is 29.3 Å². The number of hydrogen-bond acceptors (Lipinski definition) is 7. The second-order valence-electron chi connectivity index (χ2n) is 4.73. The van der Waals surface area contributed by atoms with E-state index in [1.165, 1.54) is 18.0 Å². The number of aromatic nitrogens is 2. The lowest BCUT2D eigenvalue weighted by Gasteiger charge is -2.05. The number of benzene rings is 1. The lowest BCUT2D eigenvalue weighted by Crippen LogP contribution is -2.14. The van der Waals surface area contributed by atoms with Crippen LogP contribution < -0.4 is 14.8 Å². The minimum absolute atomic E-state index is 0.143. The molecule has 0 spiro atoms. The molecule has 1 aromatic carbocycles. The molecule has 0 fully saturated rings. The van der Waals surface area contributed by atoms with Crippen LogP contribution in [0.1, 0.15) is 17.4 Å². The molecule has 1 aliphatic rings. The van der Waals surface area contributed by atoms with E-state index in [2.05, 4.69) is 15.3 Å². The van der Waals surface area contributed by atoms with Gasteiger partial charge in [0, 0.05) is 11.8 Å². The van der Waals surface area contributed by atoms with Crippen LogP contribution in [0, 0.1) is 0 Å². The zero-order valence-corrected chi connectivity index (χ0v) is 13.6. The molecular formula is C15H15N3O5S. The van der Waals surface area contributed by atoms with Gasteiger partial charge in [-0.05, 0) is 19.1 Å². The minimum Gasteiger partial charge on any atom is -0.461 e. The van der Waals surface area contributed by atoms with Crippen LogP contribution in [-0.2, 0) is 9.53 Å². The molecule has 0 aliphatic carbocycles. The van der Waals surface area contributed by atoms with Crippen LogP contribution >= 0.6 is 11.8 Å². The summed E-state index contributed by atoms with van der Waals surface area (Å²) < 4.78 is 15.3. The van der Waals surface area contributed by atoms with E-state index in [0.29, 0.717) is 22.3 Å². The summed E-state index contributed by atoms with van der Waals surface area (Å²) in [4.78, 5) is 30.4. The number of imidazole rings is 1.